The number of ether oxygens (including phenoxy) is 3. The molecule has 6 nitrogen and oxygen atoms in total. The minimum Gasteiger partial charge on any atom is -0.462 e. The molecule has 1 atom stereocenters. The quantitative estimate of drug-likeness (QED) is 0.0261. The summed E-state index contributed by atoms with van der Waals surface area (Å²) in [4.78, 5) is 38.3. The van der Waals surface area contributed by atoms with Crippen LogP contribution in [0.4, 0.5) is 0 Å². The third-order valence-corrected chi connectivity index (χ3v) is 12.6. The molecule has 0 saturated carbocycles. The van der Waals surface area contributed by atoms with E-state index in [2.05, 4.69) is 167 Å². The highest BCUT2D eigenvalue weighted by Gasteiger charge is 2.19. The zero-order chi connectivity index (χ0) is 55.0. The number of hydrogen-bond acceptors (Lipinski definition) is 6. The average molecular weight is 1050 g/mol. The van der Waals surface area contributed by atoms with E-state index in [4.69, 9.17) is 14.2 Å². The molecule has 0 aliphatic rings. The first-order valence-electron chi connectivity index (χ1n) is 30.8. The maximum Gasteiger partial charge on any atom is 0.306 e. The summed E-state index contributed by atoms with van der Waals surface area (Å²) in [7, 11) is 0. The molecule has 0 aromatic rings. The topological polar surface area (TPSA) is 78.9 Å². The van der Waals surface area contributed by atoms with Gasteiger partial charge >= 0.3 is 17.9 Å². The van der Waals surface area contributed by atoms with Gasteiger partial charge < -0.3 is 14.2 Å². The number of carbonyl (C=O) groups is 3. The van der Waals surface area contributed by atoms with E-state index >= 15 is 0 Å². The second-order valence-corrected chi connectivity index (χ2v) is 19.8. The summed E-state index contributed by atoms with van der Waals surface area (Å²) in [6, 6.07) is 0. The van der Waals surface area contributed by atoms with Gasteiger partial charge in [0.2, 0.25) is 0 Å². The second-order valence-electron chi connectivity index (χ2n) is 19.8. The van der Waals surface area contributed by atoms with Crippen LogP contribution in [-0.2, 0) is 28.6 Å². The lowest BCUT2D eigenvalue weighted by atomic mass is 10.1. The maximum absolute atomic E-state index is 12.9. The number of esters is 3. The molecule has 0 aromatic heterocycles. The molecule has 0 bridgehead atoms. The second kappa shape index (κ2) is 62.8. The first-order chi connectivity index (χ1) is 37.5. The normalized spacial score (nSPS) is 13.1. The monoisotopic (exact) mass is 1050 g/mol. The van der Waals surface area contributed by atoms with Crippen LogP contribution in [0.5, 0.6) is 0 Å². The highest BCUT2D eigenvalue weighted by atomic mass is 16.6. The molecule has 0 N–H and O–H groups in total. The van der Waals surface area contributed by atoms with Gasteiger partial charge in [0.25, 0.3) is 0 Å². The van der Waals surface area contributed by atoms with E-state index in [9.17, 15) is 14.4 Å². The highest BCUT2D eigenvalue weighted by molar-refractivity contribution is 5.71. The first-order valence-corrected chi connectivity index (χ1v) is 30.8. The first kappa shape index (κ1) is 71.3. The van der Waals surface area contributed by atoms with Gasteiger partial charge in [-0.3, -0.25) is 14.4 Å². The molecule has 0 fully saturated rings. The van der Waals surface area contributed by atoms with Crippen molar-refractivity contribution < 1.29 is 28.6 Å². The van der Waals surface area contributed by atoms with Crippen molar-refractivity contribution in [2.45, 2.75) is 264 Å². The SMILES string of the molecule is CC/C=C\C/C=C\C/C=C\C/C=C\C/C=C\C/C=C\C/C=C\CCCC(=O)OCC(COC(=O)CCCCCCCCC/C=C\C/C=C\C/C=C\CC)OC(=O)CCCCCCCCC/C=C\C/C=C\CCCCCC. The van der Waals surface area contributed by atoms with Crippen LogP contribution in [0.15, 0.2) is 146 Å². The Bertz CT molecular complexity index is 1680. The summed E-state index contributed by atoms with van der Waals surface area (Å²) in [5.74, 6) is -0.991. The van der Waals surface area contributed by atoms with Gasteiger partial charge in [-0.15, -0.1) is 0 Å². The molecule has 0 rings (SSSR count). The van der Waals surface area contributed by atoms with Crippen molar-refractivity contribution in [3.05, 3.63) is 146 Å². The molecule has 0 saturated heterocycles. The van der Waals surface area contributed by atoms with Crippen LogP contribution in [0, 0.1) is 0 Å². The molecule has 0 amide bonds. The number of rotatable bonds is 54. The Morgan fingerprint density at radius 1 is 0.276 bits per heavy atom. The van der Waals surface area contributed by atoms with E-state index < -0.39 is 6.10 Å². The van der Waals surface area contributed by atoms with Crippen molar-refractivity contribution in [2.75, 3.05) is 13.2 Å². The average Bonchev–Trinajstić information content (AvgIpc) is 3.42. The Kier molecular flexibility index (Phi) is 58.9. The van der Waals surface area contributed by atoms with E-state index in [0.29, 0.717) is 19.3 Å². The predicted molar refractivity (Wildman–Crippen MR) is 329 cm³/mol. The Balaban J connectivity index is 4.53. The van der Waals surface area contributed by atoms with Crippen molar-refractivity contribution in [2.24, 2.45) is 0 Å². The fraction of sp³-hybridized carbons (Fsp3) is 0.614. The van der Waals surface area contributed by atoms with Gasteiger partial charge in [-0.25, -0.2) is 0 Å². The minimum atomic E-state index is -0.818. The van der Waals surface area contributed by atoms with Crippen LogP contribution in [0.2, 0.25) is 0 Å². The molecule has 428 valence electrons. The van der Waals surface area contributed by atoms with Crippen LogP contribution in [0.3, 0.4) is 0 Å². The van der Waals surface area contributed by atoms with Crippen LogP contribution < -0.4 is 0 Å². The lowest BCUT2D eigenvalue weighted by Crippen LogP contribution is -2.30. The summed E-state index contributed by atoms with van der Waals surface area (Å²) in [6.45, 7) is 6.34. The zero-order valence-corrected chi connectivity index (χ0v) is 49.0. The molecule has 0 aromatic carbocycles. The molecular formula is C70H112O6. The molecule has 6 heteroatoms. The standard InChI is InChI=1S/C70H112O6/c1-4-7-10-13-16-19-22-25-28-31-33-34-35-36-37-40-42-45-48-51-54-57-60-63-69(72)75-66-67(65-74-68(71)62-59-56-53-50-47-44-41-38-30-27-24-21-18-15-12-9-6-3)76-70(73)64-61-58-55-52-49-46-43-39-32-29-26-23-20-17-14-11-8-5-2/h7,9-10,12,16,18-21,23,25,27-30,32-34,36-37,42,45,51,54,67H,4-6,8,11,13-15,17,22,24,26,31,35,38-41,43-44,46-50,52-53,55-66H2,1-3H3/b10-7-,12-9-,19-16-,21-18-,23-20-,28-25-,30-27-,32-29-,34-33-,37-36-,45-42-,54-51-. The molecule has 0 spiro atoms. The van der Waals surface area contributed by atoms with Crippen LogP contribution in [0.1, 0.15) is 258 Å². The van der Waals surface area contributed by atoms with Gasteiger partial charge in [-0.1, -0.05) is 250 Å². The maximum atomic E-state index is 12.9. The van der Waals surface area contributed by atoms with E-state index in [0.717, 1.165) is 128 Å². The van der Waals surface area contributed by atoms with Gasteiger partial charge in [-0.2, -0.15) is 0 Å². The fourth-order valence-corrected chi connectivity index (χ4v) is 8.01. The Hall–Kier alpha value is -4.71. The van der Waals surface area contributed by atoms with Gasteiger partial charge in [-0.05, 0) is 135 Å². The van der Waals surface area contributed by atoms with Crippen LogP contribution in [-0.4, -0.2) is 37.2 Å². The van der Waals surface area contributed by atoms with Gasteiger partial charge in [0.15, 0.2) is 6.10 Å². The molecule has 0 aliphatic heterocycles. The fourth-order valence-electron chi connectivity index (χ4n) is 8.01. The Morgan fingerprint density at radius 3 is 0.855 bits per heavy atom. The van der Waals surface area contributed by atoms with E-state index in [1.165, 1.54) is 83.5 Å². The molecular weight excluding hydrogens is 937 g/mol. The molecule has 0 radical (unpaired) electrons. The van der Waals surface area contributed by atoms with Crippen molar-refractivity contribution in [1.82, 2.24) is 0 Å². The Morgan fingerprint density at radius 2 is 0.526 bits per heavy atom. The molecule has 0 heterocycles. The van der Waals surface area contributed by atoms with Crippen molar-refractivity contribution in [3.63, 3.8) is 0 Å². The summed E-state index contributed by atoms with van der Waals surface area (Å²) in [5, 5.41) is 0. The number of unbranched alkanes of at least 4 members (excludes halogenated alkanes) is 19. The number of hydrogen-bond donors (Lipinski definition) is 0. The lowest BCUT2D eigenvalue weighted by Gasteiger charge is -2.18. The van der Waals surface area contributed by atoms with Crippen LogP contribution >= 0.6 is 0 Å². The molecule has 0 aliphatic carbocycles. The smallest absolute Gasteiger partial charge is 0.306 e. The third-order valence-electron chi connectivity index (χ3n) is 12.6. The molecule has 1 unspecified atom stereocenters. The molecule has 76 heavy (non-hydrogen) atoms. The Labute approximate surface area is 467 Å². The summed E-state index contributed by atoms with van der Waals surface area (Å²) in [5.41, 5.74) is 0. The van der Waals surface area contributed by atoms with E-state index in [1.54, 1.807) is 0 Å². The van der Waals surface area contributed by atoms with E-state index in [1.807, 2.05) is 0 Å². The van der Waals surface area contributed by atoms with Crippen molar-refractivity contribution in [1.29, 1.82) is 0 Å². The van der Waals surface area contributed by atoms with Gasteiger partial charge in [0.1, 0.15) is 13.2 Å². The highest BCUT2D eigenvalue weighted by Crippen LogP contribution is 2.14. The van der Waals surface area contributed by atoms with E-state index in [-0.39, 0.29) is 37.5 Å². The largest absolute Gasteiger partial charge is 0.462 e. The summed E-state index contributed by atoms with van der Waals surface area (Å²) < 4.78 is 16.9. The van der Waals surface area contributed by atoms with Crippen molar-refractivity contribution >= 4 is 17.9 Å². The number of carbonyl (C=O) groups excluding carboxylic acids is 3. The minimum absolute atomic E-state index is 0.110. The van der Waals surface area contributed by atoms with Gasteiger partial charge in [0, 0.05) is 19.3 Å². The predicted octanol–water partition coefficient (Wildman–Crippen LogP) is 21.2. The van der Waals surface area contributed by atoms with Crippen molar-refractivity contribution in [3.8, 4) is 0 Å². The van der Waals surface area contributed by atoms with Crippen LogP contribution in [0.25, 0.3) is 0 Å². The summed E-state index contributed by atoms with van der Waals surface area (Å²) >= 11 is 0. The number of allylic oxidation sites excluding steroid dienone is 24. The summed E-state index contributed by atoms with van der Waals surface area (Å²) in [6.07, 6.45) is 89.8. The zero-order valence-electron chi connectivity index (χ0n) is 49.0. The third kappa shape index (κ3) is 60.2. The van der Waals surface area contributed by atoms with Gasteiger partial charge in [0.05, 0.1) is 0 Å². The lowest BCUT2D eigenvalue weighted by molar-refractivity contribution is -0.167.